The first-order chi connectivity index (χ1) is 17.1. The molecule has 0 saturated carbocycles. The van der Waals surface area contributed by atoms with Crippen molar-refractivity contribution >= 4 is 21.5 Å². The highest BCUT2D eigenvalue weighted by Gasteiger charge is 2.22. The minimum absolute atomic E-state index is 0.113. The van der Waals surface area contributed by atoms with Gasteiger partial charge in [-0.2, -0.15) is 10.5 Å². The predicted molar refractivity (Wildman–Crippen MR) is 154 cm³/mol. The molecule has 0 aliphatic carbocycles. The van der Waals surface area contributed by atoms with Crippen molar-refractivity contribution < 1.29 is 0 Å². The third-order valence-electron chi connectivity index (χ3n) is 8.24. The van der Waals surface area contributed by atoms with Crippen molar-refractivity contribution in [1.29, 1.82) is 10.5 Å². The van der Waals surface area contributed by atoms with Gasteiger partial charge in [-0.25, -0.2) is 0 Å². The van der Waals surface area contributed by atoms with Gasteiger partial charge in [-0.05, 0) is 93.2 Å². The fourth-order valence-electron chi connectivity index (χ4n) is 5.43. The quantitative estimate of drug-likeness (QED) is 0.242. The van der Waals surface area contributed by atoms with Crippen molar-refractivity contribution in [3.8, 4) is 12.1 Å². The molecule has 2 heteroatoms. The summed E-state index contributed by atoms with van der Waals surface area (Å²) < 4.78 is 0. The van der Waals surface area contributed by atoms with E-state index in [4.69, 9.17) is 10.5 Å². The lowest BCUT2D eigenvalue weighted by Gasteiger charge is -2.27. The largest absolute Gasteiger partial charge is 0.198 e. The van der Waals surface area contributed by atoms with E-state index in [0.29, 0.717) is 24.7 Å². The van der Waals surface area contributed by atoms with Gasteiger partial charge in [-0.15, -0.1) is 0 Å². The third kappa shape index (κ3) is 7.11. The van der Waals surface area contributed by atoms with Crippen LogP contribution in [0.25, 0.3) is 21.5 Å². The second-order valence-corrected chi connectivity index (χ2v) is 12.5. The lowest BCUT2D eigenvalue weighted by molar-refractivity contribution is 0.415. The molecule has 0 amide bonds. The molecule has 3 rings (SSSR count). The van der Waals surface area contributed by atoms with Crippen LogP contribution in [0.15, 0.2) is 48.5 Å². The third-order valence-corrected chi connectivity index (χ3v) is 8.24. The maximum absolute atomic E-state index is 8.93. The molecule has 0 bridgehead atoms. The van der Waals surface area contributed by atoms with E-state index in [9.17, 15) is 0 Å². The van der Waals surface area contributed by atoms with Gasteiger partial charge in [0.1, 0.15) is 0 Å². The SMILES string of the molecule is CC(CC#N)CCCC(C)(C)c1ccc2cc3ccc(C(C)(C)CCCC(C)CC#N)cc3cc2c1. The van der Waals surface area contributed by atoms with Crippen LogP contribution < -0.4 is 0 Å². The summed E-state index contributed by atoms with van der Waals surface area (Å²) in [6, 6.07) is 23.3. The molecule has 0 heterocycles. The van der Waals surface area contributed by atoms with E-state index < -0.39 is 0 Å². The second kappa shape index (κ2) is 11.9. The Kier molecular flexibility index (Phi) is 9.19. The molecule has 2 unspecified atom stereocenters. The van der Waals surface area contributed by atoms with Crippen LogP contribution in [0.5, 0.6) is 0 Å². The van der Waals surface area contributed by atoms with E-state index in [2.05, 4.69) is 102 Å². The molecule has 0 aliphatic rings. The van der Waals surface area contributed by atoms with E-state index in [-0.39, 0.29) is 10.8 Å². The van der Waals surface area contributed by atoms with Gasteiger partial charge in [0.25, 0.3) is 0 Å². The lowest BCUT2D eigenvalue weighted by atomic mass is 9.78. The molecule has 0 fully saturated rings. The van der Waals surface area contributed by atoms with Crippen LogP contribution >= 0.6 is 0 Å². The summed E-state index contributed by atoms with van der Waals surface area (Å²) in [7, 11) is 0. The Morgan fingerprint density at radius 3 is 1.39 bits per heavy atom. The number of nitrogens with zero attached hydrogens (tertiary/aromatic N) is 2. The molecule has 190 valence electrons. The Hall–Kier alpha value is -2.84. The zero-order valence-corrected chi connectivity index (χ0v) is 23.3. The van der Waals surface area contributed by atoms with Gasteiger partial charge in [0.2, 0.25) is 0 Å². The van der Waals surface area contributed by atoms with Gasteiger partial charge < -0.3 is 0 Å². The summed E-state index contributed by atoms with van der Waals surface area (Å²) in [5.41, 5.74) is 3.01. The Morgan fingerprint density at radius 1 is 0.611 bits per heavy atom. The fraction of sp³-hybridized carbons (Fsp3) is 0.529. The Balaban J connectivity index is 1.80. The fourth-order valence-corrected chi connectivity index (χ4v) is 5.43. The van der Waals surface area contributed by atoms with E-state index >= 15 is 0 Å². The zero-order valence-electron chi connectivity index (χ0n) is 23.3. The highest BCUT2D eigenvalue weighted by molar-refractivity contribution is 5.98. The van der Waals surface area contributed by atoms with Gasteiger partial charge in [0.05, 0.1) is 12.1 Å². The van der Waals surface area contributed by atoms with Crippen LogP contribution in [0.1, 0.15) is 104 Å². The van der Waals surface area contributed by atoms with Crippen LogP contribution in [-0.4, -0.2) is 0 Å². The number of fused-ring (bicyclic) bond motifs is 2. The average molecular weight is 481 g/mol. The Bertz CT molecular complexity index is 1160. The normalized spacial score (nSPS) is 13.9. The molecule has 0 spiro atoms. The smallest absolute Gasteiger partial charge is 0.0624 e. The van der Waals surface area contributed by atoms with Crippen molar-refractivity contribution in [2.24, 2.45) is 11.8 Å². The van der Waals surface area contributed by atoms with Crippen LogP contribution in [0, 0.1) is 34.5 Å². The first-order valence-electron chi connectivity index (χ1n) is 13.8. The van der Waals surface area contributed by atoms with Gasteiger partial charge in [-0.3, -0.25) is 0 Å². The standard InChI is InChI=1S/C34H44N2/c1-25(15-19-35)9-7-17-33(3,4)31-13-11-27-21-28-12-14-32(24-30(28)22-29(27)23-31)34(5,6)18-8-10-26(2)16-20-36/h11-14,21-26H,7-10,15-18H2,1-6H3. The lowest BCUT2D eigenvalue weighted by Crippen LogP contribution is -2.17. The molecule has 0 aromatic heterocycles. The van der Waals surface area contributed by atoms with Crippen LogP contribution in [0.2, 0.25) is 0 Å². The Morgan fingerprint density at radius 2 is 1.00 bits per heavy atom. The maximum atomic E-state index is 8.93. The summed E-state index contributed by atoms with van der Waals surface area (Å²) in [5.74, 6) is 0.960. The van der Waals surface area contributed by atoms with E-state index in [0.717, 1.165) is 38.5 Å². The molecule has 0 radical (unpaired) electrons. The molecule has 0 saturated heterocycles. The molecule has 3 aromatic carbocycles. The molecule has 0 aliphatic heterocycles. The molecular formula is C34H44N2. The Labute approximate surface area is 219 Å². The number of nitriles is 2. The van der Waals surface area contributed by atoms with Crippen LogP contribution in [0.3, 0.4) is 0 Å². The molecule has 2 atom stereocenters. The number of rotatable bonds is 12. The molecule has 0 N–H and O–H groups in total. The van der Waals surface area contributed by atoms with E-state index in [1.807, 2.05) is 0 Å². The van der Waals surface area contributed by atoms with Crippen molar-refractivity contribution in [2.45, 2.75) is 104 Å². The first kappa shape index (κ1) is 27.7. The molecule has 36 heavy (non-hydrogen) atoms. The molecular weight excluding hydrogens is 436 g/mol. The summed E-state index contributed by atoms with van der Waals surface area (Å²) >= 11 is 0. The number of hydrogen-bond donors (Lipinski definition) is 0. The molecule has 2 nitrogen and oxygen atoms in total. The summed E-state index contributed by atoms with van der Waals surface area (Å²) in [5, 5.41) is 23.1. The van der Waals surface area contributed by atoms with Crippen molar-refractivity contribution in [3.63, 3.8) is 0 Å². The monoisotopic (exact) mass is 480 g/mol. The van der Waals surface area contributed by atoms with Gasteiger partial charge in [0.15, 0.2) is 0 Å². The van der Waals surface area contributed by atoms with E-state index in [1.54, 1.807) is 0 Å². The number of hydrogen-bond acceptors (Lipinski definition) is 2. The predicted octanol–water partition coefficient (Wildman–Crippen LogP) is 9.99. The molecule has 3 aromatic rings. The topological polar surface area (TPSA) is 47.6 Å². The summed E-state index contributed by atoms with van der Waals surface area (Å²) in [6.07, 6.45) is 8.11. The van der Waals surface area contributed by atoms with Crippen molar-refractivity contribution in [1.82, 2.24) is 0 Å². The summed E-state index contributed by atoms with van der Waals surface area (Å²) in [4.78, 5) is 0. The zero-order chi connectivity index (χ0) is 26.3. The number of benzene rings is 3. The van der Waals surface area contributed by atoms with Crippen molar-refractivity contribution in [2.75, 3.05) is 0 Å². The highest BCUT2D eigenvalue weighted by atomic mass is 14.3. The van der Waals surface area contributed by atoms with E-state index in [1.165, 1.54) is 32.7 Å². The first-order valence-corrected chi connectivity index (χ1v) is 13.8. The second-order valence-electron chi connectivity index (χ2n) is 12.5. The van der Waals surface area contributed by atoms with Gasteiger partial charge >= 0.3 is 0 Å². The average Bonchev–Trinajstić information content (AvgIpc) is 2.82. The van der Waals surface area contributed by atoms with Gasteiger partial charge in [-0.1, -0.05) is 90.8 Å². The minimum Gasteiger partial charge on any atom is -0.198 e. The van der Waals surface area contributed by atoms with Crippen molar-refractivity contribution in [3.05, 3.63) is 59.7 Å². The van der Waals surface area contributed by atoms with Crippen LogP contribution in [-0.2, 0) is 10.8 Å². The maximum Gasteiger partial charge on any atom is 0.0624 e. The summed E-state index contributed by atoms with van der Waals surface area (Å²) in [6.45, 7) is 13.8. The highest BCUT2D eigenvalue weighted by Crippen LogP contribution is 2.36. The van der Waals surface area contributed by atoms with Crippen LogP contribution in [0.4, 0.5) is 0 Å². The minimum atomic E-state index is 0.113. The van der Waals surface area contributed by atoms with Gasteiger partial charge in [0, 0.05) is 12.8 Å².